The van der Waals surface area contributed by atoms with E-state index in [1.54, 1.807) is 6.07 Å². The minimum Gasteiger partial charge on any atom is -0.0843 e. The minimum absolute atomic E-state index is 0.711. The first-order valence-corrected chi connectivity index (χ1v) is 4.94. The molecule has 0 nitrogen and oxygen atoms in total. The van der Waals surface area contributed by atoms with Crippen molar-refractivity contribution in [3.8, 4) is 11.1 Å². The Hall–Kier alpha value is -0.980. The molecule has 0 spiro atoms. The van der Waals surface area contributed by atoms with E-state index in [0.717, 1.165) is 11.1 Å². The Balaban J connectivity index is 2.55. The van der Waals surface area contributed by atoms with Crippen LogP contribution in [0, 0.1) is 6.07 Å². The van der Waals surface area contributed by atoms with Crippen LogP contribution in [0.3, 0.4) is 0 Å². The van der Waals surface area contributed by atoms with Crippen molar-refractivity contribution in [2.24, 2.45) is 0 Å². The molecule has 14 heavy (non-hydrogen) atoms. The quantitative estimate of drug-likeness (QED) is 0.668. The Labute approximate surface area is 93.1 Å². The molecule has 2 aromatic rings. The Morgan fingerprint density at radius 1 is 1.07 bits per heavy atom. The lowest BCUT2D eigenvalue weighted by atomic mass is 10.1. The molecule has 2 rings (SSSR count). The normalized spacial score (nSPS) is 10.1. The van der Waals surface area contributed by atoms with Crippen molar-refractivity contribution < 1.29 is 0 Å². The molecule has 0 aliphatic heterocycles. The summed E-state index contributed by atoms with van der Waals surface area (Å²) in [5.41, 5.74) is 1.97. The number of hydrogen-bond acceptors (Lipinski definition) is 0. The summed E-state index contributed by atoms with van der Waals surface area (Å²) >= 11 is 11.9. The van der Waals surface area contributed by atoms with E-state index in [9.17, 15) is 0 Å². The van der Waals surface area contributed by atoms with Crippen LogP contribution in [-0.2, 0) is 0 Å². The van der Waals surface area contributed by atoms with Gasteiger partial charge in [-0.25, -0.2) is 0 Å². The predicted molar refractivity (Wildman–Crippen MR) is 60.7 cm³/mol. The lowest BCUT2D eigenvalue weighted by Gasteiger charge is -2.03. The van der Waals surface area contributed by atoms with Crippen LogP contribution in [0.4, 0.5) is 0 Å². The van der Waals surface area contributed by atoms with Crippen LogP contribution in [0.2, 0.25) is 10.0 Å². The molecule has 69 valence electrons. The molecule has 0 aliphatic carbocycles. The molecule has 0 atom stereocenters. The van der Waals surface area contributed by atoms with E-state index in [1.807, 2.05) is 36.4 Å². The topological polar surface area (TPSA) is 0 Å². The zero-order valence-corrected chi connectivity index (χ0v) is 8.81. The summed E-state index contributed by atoms with van der Waals surface area (Å²) in [4.78, 5) is 0. The molecule has 0 bridgehead atoms. The van der Waals surface area contributed by atoms with Crippen LogP contribution in [0.15, 0.2) is 42.5 Å². The molecular formula is C12H7Cl2. The summed E-state index contributed by atoms with van der Waals surface area (Å²) in [5.74, 6) is 0. The van der Waals surface area contributed by atoms with Gasteiger partial charge in [-0.2, -0.15) is 0 Å². The second-order valence-corrected chi connectivity index (χ2v) is 3.76. The summed E-state index contributed by atoms with van der Waals surface area (Å²) in [7, 11) is 0. The number of benzene rings is 2. The largest absolute Gasteiger partial charge is 0.0843 e. The third kappa shape index (κ3) is 1.92. The van der Waals surface area contributed by atoms with Crippen LogP contribution in [0.5, 0.6) is 0 Å². The zero-order valence-electron chi connectivity index (χ0n) is 7.30. The van der Waals surface area contributed by atoms with Gasteiger partial charge in [-0.05, 0) is 35.9 Å². The summed E-state index contributed by atoms with van der Waals surface area (Å²) in [5, 5.41) is 1.42. The lowest BCUT2D eigenvalue weighted by Crippen LogP contribution is -1.78. The van der Waals surface area contributed by atoms with Gasteiger partial charge in [0.05, 0.1) is 0 Å². The molecule has 0 amide bonds. The Morgan fingerprint density at radius 2 is 1.93 bits per heavy atom. The monoisotopic (exact) mass is 221 g/mol. The third-order valence-electron chi connectivity index (χ3n) is 1.95. The fourth-order valence-electron chi connectivity index (χ4n) is 1.29. The first-order chi connectivity index (χ1) is 6.77. The van der Waals surface area contributed by atoms with Gasteiger partial charge in [0.15, 0.2) is 0 Å². The lowest BCUT2D eigenvalue weighted by molar-refractivity contribution is 1.61. The maximum atomic E-state index is 6.05. The molecule has 0 N–H and O–H groups in total. The van der Waals surface area contributed by atoms with Gasteiger partial charge in [-0.15, -0.1) is 0 Å². The van der Waals surface area contributed by atoms with E-state index in [4.69, 9.17) is 23.2 Å². The number of hydrogen-bond donors (Lipinski definition) is 0. The number of halogens is 2. The van der Waals surface area contributed by atoms with Crippen molar-refractivity contribution in [3.05, 3.63) is 58.6 Å². The highest BCUT2D eigenvalue weighted by molar-refractivity contribution is 6.33. The van der Waals surface area contributed by atoms with Gasteiger partial charge in [0.1, 0.15) is 0 Å². The second-order valence-electron chi connectivity index (χ2n) is 2.92. The van der Waals surface area contributed by atoms with E-state index in [0.29, 0.717) is 10.0 Å². The van der Waals surface area contributed by atoms with Gasteiger partial charge in [0.25, 0.3) is 0 Å². The van der Waals surface area contributed by atoms with Gasteiger partial charge in [-0.1, -0.05) is 41.4 Å². The van der Waals surface area contributed by atoms with Gasteiger partial charge >= 0.3 is 0 Å². The molecule has 0 aliphatic rings. The summed E-state index contributed by atoms with van der Waals surface area (Å²) < 4.78 is 0. The molecular weight excluding hydrogens is 215 g/mol. The summed E-state index contributed by atoms with van der Waals surface area (Å²) in [6, 6.07) is 16.1. The van der Waals surface area contributed by atoms with E-state index in [1.165, 1.54) is 0 Å². The SMILES string of the molecule is Clc1cccc(-c2c[c]ccc2Cl)c1. The van der Waals surface area contributed by atoms with Crippen molar-refractivity contribution in [2.45, 2.75) is 0 Å². The van der Waals surface area contributed by atoms with Gasteiger partial charge in [0.2, 0.25) is 0 Å². The summed E-state index contributed by atoms with van der Waals surface area (Å²) in [6.07, 6.45) is 0. The smallest absolute Gasteiger partial charge is 0.0484 e. The van der Waals surface area contributed by atoms with Crippen molar-refractivity contribution in [1.82, 2.24) is 0 Å². The van der Waals surface area contributed by atoms with E-state index in [-0.39, 0.29) is 0 Å². The van der Waals surface area contributed by atoms with Crippen molar-refractivity contribution >= 4 is 23.2 Å². The fourth-order valence-corrected chi connectivity index (χ4v) is 1.71. The average molecular weight is 222 g/mol. The molecule has 0 saturated carbocycles. The molecule has 2 aromatic carbocycles. The first-order valence-electron chi connectivity index (χ1n) is 4.19. The standard InChI is InChI=1S/C12H7Cl2/c13-10-5-3-4-9(8-10)11-6-1-2-7-12(11)14/h2-8H. The Bertz CT molecular complexity index is 450. The fraction of sp³-hybridized carbons (Fsp3) is 0. The molecule has 0 fully saturated rings. The number of rotatable bonds is 1. The zero-order chi connectivity index (χ0) is 9.97. The first kappa shape index (κ1) is 9.57. The highest BCUT2D eigenvalue weighted by Crippen LogP contribution is 2.28. The Morgan fingerprint density at radius 3 is 2.64 bits per heavy atom. The molecule has 0 unspecified atom stereocenters. The maximum Gasteiger partial charge on any atom is 0.0484 e. The molecule has 2 heteroatoms. The molecule has 0 saturated heterocycles. The van der Waals surface area contributed by atoms with Crippen molar-refractivity contribution in [2.75, 3.05) is 0 Å². The van der Waals surface area contributed by atoms with Gasteiger partial charge in [0, 0.05) is 15.6 Å². The Kier molecular flexibility index (Phi) is 2.76. The third-order valence-corrected chi connectivity index (χ3v) is 2.51. The summed E-state index contributed by atoms with van der Waals surface area (Å²) in [6.45, 7) is 0. The van der Waals surface area contributed by atoms with E-state index in [2.05, 4.69) is 6.07 Å². The second kappa shape index (κ2) is 4.04. The average Bonchev–Trinajstić information content (AvgIpc) is 2.18. The van der Waals surface area contributed by atoms with Crippen LogP contribution in [-0.4, -0.2) is 0 Å². The minimum atomic E-state index is 0.711. The van der Waals surface area contributed by atoms with Crippen LogP contribution in [0.1, 0.15) is 0 Å². The van der Waals surface area contributed by atoms with Crippen molar-refractivity contribution in [3.63, 3.8) is 0 Å². The highest BCUT2D eigenvalue weighted by Gasteiger charge is 2.01. The van der Waals surface area contributed by atoms with E-state index >= 15 is 0 Å². The van der Waals surface area contributed by atoms with Crippen LogP contribution >= 0.6 is 23.2 Å². The molecule has 0 aromatic heterocycles. The van der Waals surface area contributed by atoms with Crippen LogP contribution in [0.25, 0.3) is 11.1 Å². The predicted octanol–water partition coefficient (Wildman–Crippen LogP) is 4.46. The maximum absolute atomic E-state index is 6.05. The van der Waals surface area contributed by atoms with E-state index < -0.39 is 0 Å². The molecule has 1 radical (unpaired) electrons. The highest BCUT2D eigenvalue weighted by atomic mass is 35.5. The van der Waals surface area contributed by atoms with Gasteiger partial charge in [-0.3, -0.25) is 0 Å². The van der Waals surface area contributed by atoms with Crippen molar-refractivity contribution in [1.29, 1.82) is 0 Å². The van der Waals surface area contributed by atoms with Gasteiger partial charge < -0.3 is 0 Å². The molecule has 0 heterocycles. The van der Waals surface area contributed by atoms with Crippen LogP contribution < -0.4 is 0 Å².